The molecule has 0 unspecified atom stereocenters. The van der Waals surface area contributed by atoms with Gasteiger partial charge in [0.15, 0.2) is 0 Å². The summed E-state index contributed by atoms with van der Waals surface area (Å²) in [6.07, 6.45) is 7.94. The van der Waals surface area contributed by atoms with Crippen molar-refractivity contribution in [2.75, 3.05) is 48.8 Å². The maximum atomic E-state index is 13.2. The van der Waals surface area contributed by atoms with Gasteiger partial charge in [-0.2, -0.15) is 0 Å². The molecule has 41 heavy (non-hydrogen) atoms. The third kappa shape index (κ3) is 6.86. The summed E-state index contributed by atoms with van der Waals surface area (Å²) in [6.45, 7) is 1.86. The summed E-state index contributed by atoms with van der Waals surface area (Å²) < 4.78 is 4.86. The van der Waals surface area contributed by atoms with Crippen LogP contribution in [0.5, 0.6) is 0 Å². The van der Waals surface area contributed by atoms with E-state index in [0.29, 0.717) is 74.9 Å². The van der Waals surface area contributed by atoms with Gasteiger partial charge in [-0.1, -0.05) is 0 Å². The lowest BCUT2D eigenvalue weighted by Gasteiger charge is -2.33. The number of pyridine rings is 2. The predicted molar refractivity (Wildman–Crippen MR) is 151 cm³/mol. The van der Waals surface area contributed by atoms with Crippen LogP contribution in [0.25, 0.3) is 11.3 Å². The zero-order valence-corrected chi connectivity index (χ0v) is 22.7. The van der Waals surface area contributed by atoms with Crippen molar-refractivity contribution in [3.05, 3.63) is 49.1 Å². The molecular weight excluding hydrogens is 528 g/mol. The highest BCUT2D eigenvalue weighted by Crippen LogP contribution is 2.32. The quantitative estimate of drug-likeness (QED) is 0.363. The second-order valence-electron chi connectivity index (χ2n) is 10.1. The second-order valence-corrected chi connectivity index (χ2v) is 10.1. The zero-order chi connectivity index (χ0) is 28.8. The van der Waals surface area contributed by atoms with Crippen molar-refractivity contribution >= 4 is 41.1 Å². The summed E-state index contributed by atoms with van der Waals surface area (Å²) in [6, 6.07) is 7.29. The summed E-state index contributed by atoms with van der Waals surface area (Å²) >= 11 is 0. The van der Waals surface area contributed by atoms with Crippen LogP contribution < -0.4 is 15.5 Å². The number of amides is 2. The average molecular weight is 561 g/mol. The third-order valence-electron chi connectivity index (χ3n) is 7.46. The van der Waals surface area contributed by atoms with E-state index < -0.39 is 6.09 Å². The van der Waals surface area contributed by atoms with Crippen LogP contribution in [0.3, 0.4) is 0 Å². The smallest absolute Gasteiger partial charge is 0.407 e. The van der Waals surface area contributed by atoms with Gasteiger partial charge in [0.1, 0.15) is 17.5 Å². The molecule has 4 heterocycles. The Morgan fingerprint density at radius 1 is 0.927 bits per heavy atom. The molecule has 1 aliphatic carbocycles. The van der Waals surface area contributed by atoms with Crippen LogP contribution in [0.15, 0.2) is 49.1 Å². The average Bonchev–Trinajstić information content (AvgIpc) is 3.01. The molecule has 1 saturated heterocycles. The molecule has 0 aromatic carbocycles. The fourth-order valence-electron chi connectivity index (χ4n) is 5.19. The molecule has 3 aromatic rings. The second kappa shape index (κ2) is 12.6. The lowest BCUT2D eigenvalue weighted by Crippen LogP contribution is -2.48. The van der Waals surface area contributed by atoms with Gasteiger partial charge < -0.3 is 30.3 Å². The molecule has 13 heteroatoms. The maximum absolute atomic E-state index is 13.2. The first-order chi connectivity index (χ1) is 19.9. The van der Waals surface area contributed by atoms with Crippen LogP contribution in [-0.2, 0) is 14.3 Å². The van der Waals surface area contributed by atoms with Gasteiger partial charge in [0.05, 0.1) is 24.9 Å². The molecule has 2 fully saturated rings. The molecule has 1 aliphatic heterocycles. The first-order valence-corrected chi connectivity index (χ1v) is 13.5. The number of carbonyl (C=O) groups is 3. The first kappa shape index (κ1) is 27.7. The van der Waals surface area contributed by atoms with Crippen LogP contribution in [0.1, 0.15) is 25.7 Å². The number of methoxy groups -OCH3 is 1. The molecule has 1 saturated carbocycles. The standard InChI is InChI=1S/C28H32N8O5/c1-41-27(38)19-4-2-18(3-5-19)26(37)32-21-15-22(33-23(16-21)34-24-17-29-8-9-30-24)20-6-7-31-25(14-20)35-10-12-36(13-11-35)28(39)40/h6-9,14-19H,2-5,10-13H2,1H3,(H,39,40)(H2,30,32,33,34,37). The van der Waals surface area contributed by atoms with Gasteiger partial charge in [-0.25, -0.2) is 19.7 Å². The Morgan fingerprint density at radius 3 is 2.37 bits per heavy atom. The van der Waals surface area contributed by atoms with Crippen molar-refractivity contribution in [3.8, 4) is 11.3 Å². The largest absolute Gasteiger partial charge is 0.469 e. The van der Waals surface area contributed by atoms with Gasteiger partial charge in [-0.05, 0) is 43.9 Å². The van der Waals surface area contributed by atoms with Crippen molar-refractivity contribution in [3.63, 3.8) is 0 Å². The number of nitrogens with one attached hydrogen (secondary N) is 2. The van der Waals surface area contributed by atoms with Crippen LogP contribution >= 0.6 is 0 Å². The number of carbonyl (C=O) groups excluding carboxylic acids is 2. The van der Waals surface area contributed by atoms with Crippen molar-refractivity contribution in [2.24, 2.45) is 11.8 Å². The lowest BCUT2D eigenvalue weighted by atomic mass is 9.81. The van der Waals surface area contributed by atoms with E-state index in [2.05, 4.69) is 25.6 Å². The Labute approximate surface area is 237 Å². The number of carboxylic acid groups (broad SMARTS) is 1. The molecule has 0 bridgehead atoms. The van der Waals surface area contributed by atoms with E-state index in [1.807, 2.05) is 17.0 Å². The van der Waals surface area contributed by atoms with Crippen LogP contribution in [0.2, 0.25) is 0 Å². The monoisotopic (exact) mass is 560 g/mol. The van der Waals surface area contributed by atoms with Crippen LogP contribution in [0.4, 0.5) is 27.9 Å². The Balaban J connectivity index is 1.37. The molecule has 0 spiro atoms. The van der Waals surface area contributed by atoms with Gasteiger partial charge in [0.25, 0.3) is 0 Å². The van der Waals surface area contributed by atoms with Gasteiger partial charge in [0.2, 0.25) is 5.91 Å². The number of ether oxygens (including phenoxy) is 1. The summed E-state index contributed by atoms with van der Waals surface area (Å²) in [5, 5.41) is 15.4. The minimum Gasteiger partial charge on any atom is -0.469 e. The predicted octanol–water partition coefficient (Wildman–Crippen LogP) is 3.40. The summed E-state index contributed by atoms with van der Waals surface area (Å²) in [5.41, 5.74) is 1.96. The molecule has 214 valence electrons. The highest BCUT2D eigenvalue weighted by molar-refractivity contribution is 5.94. The van der Waals surface area contributed by atoms with E-state index in [1.165, 1.54) is 12.0 Å². The molecular formula is C28H32N8O5. The highest BCUT2D eigenvalue weighted by Gasteiger charge is 2.30. The fraction of sp³-hybridized carbons (Fsp3) is 0.393. The topological polar surface area (TPSA) is 163 Å². The number of nitrogens with zero attached hydrogens (tertiary/aromatic N) is 6. The Kier molecular flexibility index (Phi) is 8.51. The van der Waals surface area contributed by atoms with E-state index >= 15 is 0 Å². The van der Waals surface area contributed by atoms with Crippen LogP contribution in [-0.4, -0.2) is 81.2 Å². The molecule has 3 N–H and O–H groups in total. The molecule has 0 atom stereocenters. The molecule has 13 nitrogen and oxygen atoms in total. The SMILES string of the molecule is COC(=O)C1CCC(C(=O)Nc2cc(Nc3cnccn3)nc(-c3ccnc(N4CCN(C(=O)O)CC4)c3)c2)CC1. The van der Waals surface area contributed by atoms with Crippen molar-refractivity contribution in [2.45, 2.75) is 25.7 Å². The Morgan fingerprint density at radius 2 is 1.68 bits per heavy atom. The fourth-order valence-corrected chi connectivity index (χ4v) is 5.19. The number of aromatic nitrogens is 4. The number of hydrogen-bond acceptors (Lipinski definition) is 10. The van der Waals surface area contributed by atoms with Crippen molar-refractivity contribution in [1.29, 1.82) is 0 Å². The molecule has 2 aliphatic rings. The minimum atomic E-state index is -0.922. The van der Waals surface area contributed by atoms with Crippen molar-refractivity contribution in [1.82, 2.24) is 24.8 Å². The van der Waals surface area contributed by atoms with Crippen LogP contribution in [0, 0.1) is 11.8 Å². The Bertz CT molecular complexity index is 1390. The normalized spacial score (nSPS) is 18.9. The maximum Gasteiger partial charge on any atom is 0.407 e. The van der Waals surface area contributed by atoms with E-state index in [4.69, 9.17) is 9.72 Å². The number of anilines is 4. The molecule has 2 amide bonds. The first-order valence-electron chi connectivity index (χ1n) is 13.5. The Hall–Kier alpha value is -4.81. The van der Waals surface area contributed by atoms with Crippen molar-refractivity contribution < 1.29 is 24.2 Å². The zero-order valence-electron chi connectivity index (χ0n) is 22.7. The van der Waals surface area contributed by atoms with Gasteiger partial charge in [-0.3, -0.25) is 14.6 Å². The summed E-state index contributed by atoms with van der Waals surface area (Å²) in [7, 11) is 1.39. The molecule has 3 aromatic heterocycles. The number of hydrogen-bond donors (Lipinski definition) is 3. The number of piperazine rings is 1. The molecule has 5 rings (SSSR count). The van der Waals surface area contributed by atoms with E-state index in [9.17, 15) is 19.5 Å². The van der Waals surface area contributed by atoms with E-state index in [0.717, 1.165) is 11.4 Å². The highest BCUT2D eigenvalue weighted by atomic mass is 16.5. The molecule has 0 radical (unpaired) electrons. The van der Waals surface area contributed by atoms with Gasteiger partial charge >= 0.3 is 12.1 Å². The lowest BCUT2D eigenvalue weighted by molar-refractivity contribution is -0.147. The minimum absolute atomic E-state index is 0.109. The summed E-state index contributed by atoms with van der Waals surface area (Å²) in [5.74, 6) is 0.997. The van der Waals surface area contributed by atoms with Gasteiger partial charge in [-0.15, -0.1) is 0 Å². The summed E-state index contributed by atoms with van der Waals surface area (Å²) in [4.78, 5) is 57.4. The van der Waals surface area contributed by atoms with Gasteiger partial charge in [0, 0.05) is 68.0 Å². The van der Waals surface area contributed by atoms with E-state index in [1.54, 1.807) is 36.9 Å². The number of esters is 1. The van der Waals surface area contributed by atoms with E-state index in [-0.39, 0.29) is 23.7 Å². The third-order valence-corrected chi connectivity index (χ3v) is 7.46. The number of rotatable bonds is 7.